The van der Waals surface area contributed by atoms with E-state index in [1.54, 1.807) is 24.0 Å². The normalized spacial score (nSPS) is 16.5. The average molecular weight is 340 g/mol. The Bertz CT molecular complexity index is 706. The minimum absolute atomic E-state index is 0.144. The largest absolute Gasteiger partial charge is 0.346 e. The van der Waals surface area contributed by atoms with E-state index in [0.717, 1.165) is 29.1 Å². The first-order valence-electron chi connectivity index (χ1n) is 6.64. The summed E-state index contributed by atoms with van der Waals surface area (Å²) in [6.45, 7) is 1.44. The Morgan fingerprint density at radius 2 is 2.14 bits per heavy atom. The minimum atomic E-state index is -0.659. The molecule has 0 radical (unpaired) electrons. The highest BCUT2D eigenvalue weighted by Gasteiger charge is 2.20. The van der Waals surface area contributed by atoms with E-state index in [2.05, 4.69) is 9.98 Å². The highest BCUT2D eigenvalue weighted by Crippen LogP contribution is 2.26. The maximum atomic E-state index is 13.7. The summed E-state index contributed by atoms with van der Waals surface area (Å²) >= 11 is 7.32. The smallest absolute Gasteiger partial charge is 0.164 e. The standard InChI is InChI=1S/C15H12ClF2N3S/c16-14-4-1-10(8-19-14)9-21-5-6-22-15(21)20-13-3-2-11(17)7-12(13)18/h1-4,7-8H,5-6,9H2. The summed E-state index contributed by atoms with van der Waals surface area (Å²) in [5.74, 6) is -0.388. The Morgan fingerprint density at radius 1 is 1.27 bits per heavy atom. The molecule has 2 aromatic rings. The molecule has 7 heteroatoms. The fourth-order valence-corrected chi connectivity index (χ4v) is 3.19. The van der Waals surface area contributed by atoms with Crippen LogP contribution >= 0.6 is 23.4 Å². The van der Waals surface area contributed by atoms with E-state index >= 15 is 0 Å². The third-order valence-electron chi connectivity index (χ3n) is 3.15. The van der Waals surface area contributed by atoms with Gasteiger partial charge < -0.3 is 4.90 Å². The van der Waals surface area contributed by atoms with Crippen molar-refractivity contribution in [2.45, 2.75) is 6.54 Å². The molecule has 2 heterocycles. The second-order valence-corrected chi connectivity index (χ2v) is 6.20. The van der Waals surface area contributed by atoms with Crippen molar-refractivity contribution in [2.75, 3.05) is 12.3 Å². The topological polar surface area (TPSA) is 28.5 Å². The van der Waals surface area contributed by atoms with E-state index in [0.29, 0.717) is 11.7 Å². The third-order valence-corrected chi connectivity index (χ3v) is 4.37. The van der Waals surface area contributed by atoms with Gasteiger partial charge in [-0.1, -0.05) is 29.4 Å². The van der Waals surface area contributed by atoms with Gasteiger partial charge in [-0.3, -0.25) is 0 Å². The lowest BCUT2D eigenvalue weighted by molar-refractivity contribution is 0.456. The fourth-order valence-electron chi connectivity index (χ4n) is 2.08. The Labute approximate surface area is 136 Å². The fraction of sp³-hybridized carbons (Fsp3) is 0.200. The van der Waals surface area contributed by atoms with Crippen LogP contribution in [-0.4, -0.2) is 27.3 Å². The molecule has 1 fully saturated rings. The van der Waals surface area contributed by atoms with Crippen molar-refractivity contribution in [1.82, 2.24) is 9.88 Å². The second-order valence-electron chi connectivity index (χ2n) is 4.75. The Kier molecular flexibility index (Phi) is 4.59. The Hall–Kier alpha value is -1.66. The van der Waals surface area contributed by atoms with Gasteiger partial charge in [0.05, 0.1) is 0 Å². The molecule has 0 spiro atoms. The highest BCUT2D eigenvalue weighted by atomic mass is 35.5. The van der Waals surface area contributed by atoms with Crippen molar-refractivity contribution in [2.24, 2.45) is 4.99 Å². The van der Waals surface area contributed by atoms with Gasteiger partial charge in [0, 0.05) is 31.1 Å². The van der Waals surface area contributed by atoms with Crippen molar-refractivity contribution < 1.29 is 8.78 Å². The molecule has 1 aliphatic heterocycles. The molecule has 1 aromatic heterocycles. The Morgan fingerprint density at radius 3 is 2.86 bits per heavy atom. The van der Waals surface area contributed by atoms with Crippen LogP contribution in [0.4, 0.5) is 14.5 Å². The molecule has 1 aromatic carbocycles. The molecule has 0 aliphatic carbocycles. The van der Waals surface area contributed by atoms with Crippen LogP contribution in [0.3, 0.4) is 0 Å². The average Bonchev–Trinajstić information content (AvgIpc) is 2.91. The van der Waals surface area contributed by atoms with E-state index < -0.39 is 11.6 Å². The monoisotopic (exact) mass is 339 g/mol. The van der Waals surface area contributed by atoms with Crippen molar-refractivity contribution >= 4 is 34.2 Å². The SMILES string of the molecule is Fc1ccc(N=C2SCCN2Cc2ccc(Cl)nc2)c(F)c1. The van der Waals surface area contributed by atoms with Crippen LogP contribution < -0.4 is 0 Å². The number of thioether (sulfide) groups is 1. The quantitative estimate of drug-likeness (QED) is 0.783. The van der Waals surface area contributed by atoms with Gasteiger partial charge >= 0.3 is 0 Å². The minimum Gasteiger partial charge on any atom is -0.346 e. The lowest BCUT2D eigenvalue weighted by Gasteiger charge is -2.17. The van der Waals surface area contributed by atoms with Crippen LogP contribution in [0.1, 0.15) is 5.56 Å². The zero-order valence-corrected chi connectivity index (χ0v) is 13.0. The van der Waals surface area contributed by atoms with Crippen molar-refractivity contribution in [3.8, 4) is 0 Å². The summed E-state index contributed by atoms with van der Waals surface area (Å²) in [6.07, 6.45) is 1.71. The summed E-state index contributed by atoms with van der Waals surface area (Å²) < 4.78 is 26.6. The van der Waals surface area contributed by atoms with Gasteiger partial charge in [0.1, 0.15) is 16.7 Å². The number of rotatable bonds is 3. The van der Waals surface area contributed by atoms with E-state index in [1.807, 2.05) is 11.0 Å². The molecule has 114 valence electrons. The molecule has 0 unspecified atom stereocenters. The van der Waals surface area contributed by atoms with Crippen LogP contribution in [0.2, 0.25) is 5.15 Å². The molecule has 0 N–H and O–H groups in total. The van der Waals surface area contributed by atoms with Gasteiger partial charge in [-0.15, -0.1) is 0 Å². The number of aromatic nitrogens is 1. The predicted molar refractivity (Wildman–Crippen MR) is 85.6 cm³/mol. The summed E-state index contributed by atoms with van der Waals surface area (Å²) in [5, 5.41) is 1.17. The third kappa shape index (κ3) is 3.56. The van der Waals surface area contributed by atoms with Gasteiger partial charge in [-0.2, -0.15) is 0 Å². The number of halogens is 3. The van der Waals surface area contributed by atoms with E-state index in [4.69, 9.17) is 11.6 Å². The van der Waals surface area contributed by atoms with Gasteiger partial charge in [0.15, 0.2) is 11.0 Å². The molecule has 0 amide bonds. The van der Waals surface area contributed by atoms with E-state index in [9.17, 15) is 8.78 Å². The van der Waals surface area contributed by atoms with Crippen molar-refractivity contribution in [3.05, 3.63) is 58.9 Å². The molecule has 0 saturated carbocycles. The summed E-state index contributed by atoms with van der Waals surface area (Å²) in [6, 6.07) is 7.02. The zero-order chi connectivity index (χ0) is 15.5. The van der Waals surface area contributed by atoms with Gasteiger partial charge in [0.25, 0.3) is 0 Å². The number of hydrogen-bond donors (Lipinski definition) is 0. The predicted octanol–water partition coefficient (Wildman–Crippen LogP) is 4.25. The first-order chi connectivity index (χ1) is 10.6. The molecule has 22 heavy (non-hydrogen) atoms. The molecule has 1 saturated heterocycles. The van der Waals surface area contributed by atoms with Crippen LogP contribution in [0.25, 0.3) is 0 Å². The van der Waals surface area contributed by atoms with Crippen molar-refractivity contribution in [1.29, 1.82) is 0 Å². The van der Waals surface area contributed by atoms with Crippen molar-refractivity contribution in [3.63, 3.8) is 0 Å². The molecule has 3 nitrogen and oxygen atoms in total. The van der Waals surface area contributed by atoms with Gasteiger partial charge in [-0.25, -0.2) is 18.8 Å². The maximum Gasteiger partial charge on any atom is 0.164 e. The number of nitrogens with zero attached hydrogens (tertiary/aromatic N) is 3. The van der Waals surface area contributed by atoms with E-state index in [1.165, 1.54) is 12.1 Å². The first kappa shape index (κ1) is 15.2. The number of hydrogen-bond acceptors (Lipinski definition) is 3. The van der Waals surface area contributed by atoms with E-state index in [-0.39, 0.29) is 5.69 Å². The van der Waals surface area contributed by atoms with Gasteiger partial charge in [0.2, 0.25) is 0 Å². The number of pyridine rings is 1. The van der Waals surface area contributed by atoms with Crippen LogP contribution in [0.15, 0.2) is 41.5 Å². The van der Waals surface area contributed by atoms with Gasteiger partial charge in [-0.05, 0) is 23.8 Å². The summed E-state index contributed by atoms with van der Waals surface area (Å²) in [4.78, 5) is 10.4. The number of aliphatic imine (C=N–C) groups is 1. The molecular weight excluding hydrogens is 328 g/mol. The Balaban J connectivity index is 1.80. The molecule has 0 bridgehead atoms. The summed E-state index contributed by atoms with van der Waals surface area (Å²) in [7, 11) is 0. The molecule has 0 atom stereocenters. The molecule has 3 rings (SSSR count). The lowest BCUT2D eigenvalue weighted by atomic mass is 10.3. The van der Waals surface area contributed by atoms with Crippen LogP contribution in [0.5, 0.6) is 0 Å². The maximum absolute atomic E-state index is 13.7. The summed E-state index contributed by atoms with van der Waals surface area (Å²) in [5.41, 5.74) is 1.14. The lowest BCUT2D eigenvalue weighted by Crippen LogP contribution is -2.23. The number of amidine groups is 1. The molecule has 1 aliphatic rings. The second kappa shape index (κ2) is 6.62. The highest BCUT2D eigenvalue weighted by molar-refractivity contribution is 8.14. The number of benzene rings is 1. The van der Waals surface area contributed by atoms with Crippen LogP contribution in [-0.2, 0) is 6.54 Å². The first-order valence-corrected chi connectivity index (χ1v) is 8.00. The zero-order valence-electron chi connectivity index (χ0n) is 11.5. The van der Waals surface area contributed by atoms with Crippen LogP contribution in [0, 0.1) is 11.6 Å². The molecular formula is C15H12ClF2N3S.